The summed E-state index contributed by atoms with van der Waals surface area (Å²) in [6.07, 6.45) is 23.3. The Morgan fingerprint density at radius 2 is 0.914 bits per heavy atom. The van der Waals surface area contributed by atoms with Crippen LogP contribution in [-0.2, 0) is 28.9 Å². The summed E-state index contributed by atoms with van der Waals surface area (Å²) in [6, 6.07) is 61.0. The van der Waals surface area contributed by atoms with Crippen molar-refractivity contribution in [3.63, 3.8) is 0 Å². The second kappa shape index (κ2) is 45.1. The quantitative estimate of drug-likeness (QED) is 0.0161. The van der Waals surface area contributed by atoms with Gasteiger partial charge in [0, 0.05) is 43.2 Å². The summed E-state index contributed by atoms with van der Waals surface area (Å²) in [7, 11) is 0. The molecule has 0 aliphatic carbocycles. The van der Waals surface area contributed by atoms with Crippen LogP contribution in [0.3, 0.4) is 0 Å². The van der Waals surface area contributed by atoms with E-state index in [0.29, 0.717) is 88.2 Å². The molecule has 13 aromatic rings. The zero-order valence-electron chi connectivity index (χ0n) is 76.3. The van der Waals surface area contributed by atoms with Crippen LogP contribution in [0, 0.1) is 62.2 Å². The fraction of sp³-hybridized carbons (Fsp3) is 0.394. The third kappa shape index (κ3) is 24.0. The summed E-state index contributed by atoms with van der Waals surface area (Å²) in [5.74, 6) is 14.5. The molecular weight excluding hydrogens is 1860 g/mol. The molecule has 0 saturated carbocycles. The topological polar surface area (TPSA) is 84.7 Å². The fourth-order valence-corrected chi connectivity index (χ4v) is 28.4. The van der Waals surface area contributed by atoms with Gasteiger partial charge in [-0.2, -0.15) is 0 Å². The van der Waals surface area contributed by atoms with Gasteiger partial charge in [-0.3, -0.25) is 9.59 Å². The summed E-state index contributed by atoms with van der Waals surface area (Å²) < 4.78 is 33.4. The number of benzene rings is 4. The van der Waals surface area contributed by atoms with Gasteiger partial charge in [-0.1, -0.05) is 157 Å². The van der Waals surface area contributed by atoms with E-state index in [4.69, 9.17) is 43.1 Å². The number of furan rings is 1. The van der Waals surface area contributed by atoms with Crippen molar-refractivity contribution in [1.29, 1.82) is 0 Å². The van der Waals surface area contributed by atoms with Crippen LogP contribution in [0.15, 0.2) is 191 Å². The van der Waals surface area contributed by atoms with Crippen LogP contribution in [0.25, 0.3) is 74.2 Å². The molecule has 3 unspecified atom stereocenters. The number of thiocarbonyl (C=S) groups is 2. The summed E-state index contributed by atoms with van der Waals surface area (Å²) >= 11 is 23.4. The van der Waals surface area contributed by atoms with E-state index in [1.54, 1.807) is 34.0 Å². The van der Waals surface area contributed by atoms with E-state index in [1.165, 1.54) is 158 Å². The Morgan fingerprint density at radius 1 is 0.414 bits per heavy atom. The van der Waals surface area contributed by atoms with Crippen molar-refractivity contribution in [2.45, 2.75) is 212 Å². The van der Waals surface area contributed by atoms with E-state index >= 15 is 0 Å². The Balaban J connectivity index is 0.000000203. The molecule has 12 heterocycles. The van der Waals surface area contributed by atoms with E-state index in [1.807, 2.05) is 81.9 Å². The summed E-state index contributed by atoms with van der Waals surface area (Å²) in [4.78, 5) is 48.6. The molecule has 3 aliphatic heterocycles. The van der Waals surface area contributed by atoms with Crippen molar-refractivity contribution >= 4 is 169 Å². The van der Waals surface area contributed by atoms with Gasteiger partial charge >= 0.3 is 283 Å². The van der Waals surface area contributed by atoms with Gasteiger partial charge in [-0.15, -0.1) is 45.3 Å². The van der Waals surface area contributed by atoms with Crippen molar-refractivity contribution in [3.05, 3.63) is 244 Å². The molecule has 668 valence electrons. The van der Waals surface area contributed by atoms with E-state index in [0.717, 1.165) is 142 Å². The number of hydrogen-bond acceptors (Lipinski definition) is 14. The summed E-state index contributed by atoms with van der Waals surface area (Å²) in [6.45, 7) is 30.7. The Hall–Kier alpha value is -7.76. The maximum atomic E-state index is 14.7. The molecule has 0 fully saturated rings. The number of nitrogens with zero attached hydrogens (tertiary/aromatic N) is 3. The number of hydrogen-bond donors (Lipinski definition) is 0. The standard InChI is InChI=1S/C62H72N2O4S4.C47H49NO2S4Se2/c1-41(2)11-9-13-43(5)35-39-67-49-20-16-47(17-21-49)33-37-63-46(8)58-59(62(63)66)60(64(61(58)65)38-34-48-18-22-50(23-19-48)68-40-36-44(6)14-10-12-42(3)4)57-32-31-56(72-57)55-30-27-52(71-55)25-24-51-26-29-54(70-51)53-28-15-45(7)69-53;1-5-7-9-10-13-32(12-8-6-2)28-49-35-18-16-31(17-19-35)14-11-23-48-46(51)43-30(4)50-45(44(43)47(48)52)42-22-21-41(56-42)39-27-34-25-36-33(24-37(34)54-39)26-38(53-36)40-20-15-29(3)55-40/h15-23,26-32,41-44H,9-14,33-40H2,1-8H3;15-22,24-27,32H,5-14,23,28H2,1-4H3. The Bertz CT molecular complexity index is 6060. The van der Waals surface area contributed by atoms with Crippen LogP contribution in [0.1, 0.15) is 229 Å². The Labute approximate surface area is 806 Å². The van der Waals surface area contributed by atoms with Crippen molar-refractivity contribution in [1.82, 2.24) is 14.7 Å². The van der Waals surface area contributed by atoms with Gasteiger partial charge < -0.3 is 24.0 Å². The molecule has 16 rings (SSSR count). The van der Waals surface area contributed by atoms with E-state index in [2.05, 4.69) is 232 Å². The average Bonchev–Trinajstić information content (AvgIpc) is 1.57. The maximum absolute atomic E-state index is 14.7. The number of rotatable bonds is 43. The van der Waals surface area contributed by atoms with Crippen molar-refractivity contribution in [3.8, 4) is 77.4 Å². The Morgan fingerprint density at radius 3 is 1.48 bits per heavy atom. The van der Waals surface area contributed by atoms with Crippen LogP contribution < -0.4 is 14.2 Å². The van der Waals surface area contributed by atoms with Gasteiger partial charge in [-0.05, 0) is 178 Å². The van der Waals surface area contributed by atoms with E-state index in [9.17, 15) is 9.59 Å². The molecule has 3 atom stereocenters. The van der Waals surface area contributed by atoms with Crippen molar-refractivity contribution < 1.29 is 28.2 Å². The number of amides is 2. The molecule has 4 aromatic carbocycles. The number of unbranched alkanes of at least 4 members (excludes halogenated alkanes) is 4. The molecule has 19 heteroatoms. The minimum atomic E-state index is -0.110. The van der Waals surface area contributed by atoms with Crippen LogP contribution in [0.4, 0.5) is 0 Å². The SMILES string of the molecule is CC1=C2C(=O)N(CCc3ccc(OCCC(C)CCCC(C)C)cc3)C(c3ccc(-c4ccc(C#Cc5ccc(-c6ccc(C)s6)s5)s4)s3)=C2C(=O)N1CCc1ccc(OCCC(C)CCCC(C)C)cc1.CCCCCCC(CCCC)COc1ccc(CCCN2C(=S)c3c(C)oc(-c4ccc(-c5cc6cc7sc(-c8ccc(C)[se]8)cc7cc6s5)[se]4)c3C2=S)cc1. The molecular formula is C109H121N3O6S8Se2. The van der Waals surface area contributed by atoms with Gasteiger partial charge in [-0.25, -0.2) is 0 Å². The third-order valence-electron chi connectivity index (χ3n) is 24.7. The first-order chi connectivity index (χ1) is 62.1. The van der Waals surface area contributed by atoms with Crippen LogP contribution in [-0.4, -0.2) is 105 Å². The van der Waals surface area contributed by atoms with Gasteiger partial charge in [0.25, 0.3) is 11.8 Å². The molecule has 0 bridgehead atoms. The predicted molar refractivity (Wildman–Crippen MR) is 557 cm³/mol. The van der Waals surface area contributed by atoms with Crippen molar-refractivity contribution in [2.24, 2.45) is 29.6 Å². The van der Waals surface area contributed by atoms with Crippen LogP contribution in [0.5, 0.6) is 17.2 Å². The van der Waals surface area contributed by atoms with Crippen LogP contribution >= 0.6 is 92.5 Å². The fourth-order valence-electron chi connectivity index (χ4n) is 17.2. The molecule has 9 aromatic heterocycles. The van der Waals surface area contributed by atoms with Gasteiger partial charge in [0.05, 0.1) is 51.3 Å². The molecule has 3 aliphatic rings. The third-order valence-corrected chi connectivity index (χ3v) is 37.4. The number of ether oxygens (including phenoxy) is 3. The zero-order chi connectivity index (χ0) is 89.5. The number of allylic oxidation sites excluding steroid dienone is 1. The predicted octanol–water partition coefficient (Wildman–Crippen LogP) is 30.5. The number of carbonyl (C=O) groups is 2. The second-order valence-electron chi connectivity index (χ2n) is 35.8. The molecule has 0 N–H and O–H groups in total. The van der Waals surface area contributed by atoms with E-state index < -0.39 is 0 Å². The number of carbonyl (C=O) groups excluding carboxylic acids is 2. The Kier molecular flexibility index (Phi) is 33.4. The molecule has 128 heavy (non-hydrogen) atoms. The molecule has 2 amide bonds. The van der Waals surface area contributed by atoms with Gasteiger partial charge in [0.15, 0.2) is 0 Å². The van der Waals surface area contributed by atoms with Gasteiger partial charge in [0.2, 0.25) is 0 Å². The normalized spacial score (nSPS) is 14.1. The van der Waals surface area contributed by atoms with E-state index in [-0.39, 0.29) is 26.3 Å². The molecule has 9 nitrogen and oxygen atoms in total. The van der Waals surface area contributed by atoms with Crippen LogP contribution in [0.2, 0.25) is 0 Å². The molecule has 0 saturated heterocycles. The summed E-state index contributed by atoms with van der Waals surface area (Å²) in [5.41, 5.74) is 8.04. The summed E-state index contributed by atoms with van der Waals surface area (Å²) in [5, 5.41) is 2.68. The minimum absolute atomic E-state index is 0.108. The monoisotopic (exact) mass is 1980 g/mol. The zero-order valence-corrected chi connectivity index (χ0v) is 86.3. The number of thiophene rings is 6. The first-order valence-corrected chi connectivity index (χ1v) is 55.5. The molecule has 0 radical (unpaired) electrons. The van der Waals surface area contributed by atoms with Gasteiger partial charge in [0.1, 0.15) is 11.5 Å². The average molecular weight is 1980 g/mol. The number of aryl methyl sites for hydroxylation is 4. The molecule has 0 spiro atoms. The number of fused-ring (bicyclic) bond motifs is 4. The van der Waals surface area contributed by atoms with Crippen molar-refractivity contribution in [2.75, 3.05) is 39.5 Å². The first-order valence-electron chi connectivity index (χ1n) is 46.4. The first kappa shape index (κ1) is 94.9. The second-order valence-corrected chi connectivity index (χ2v) is 48.3.